The van der Waals surface area contributed by atoms with Crippen molar-refractivity contribution < 1.29 is 19.1 Å². The van der Waals surface area contributed by atoms with Gasteiger partial charge in [-0.05, 0) is 43.2 Å². The van der Waals surface area contributed by atoms with Crippen molar-refractivity contribution in [2.75, 3.05) is 5.32 Å². The molecular formula is C16H14FNO3. The number of hydrogen-bond acceptors (Lipinski definition) is 2. The SMILES string of the molecule is Cc1ccc(C(=O)Nc2c(C)cccc2C(=O)O)cc1F. The maximum Gasteiger partial charge on any atom is 0.337 e. The number of rotatable bonds is 3. The summed E-state index contributed by atoms with van der Waals surface area (Å²) in [6.45, 7) is 3.29. The topological polar surface area (TPSA) is 66.4 Å². The number of aryl methyl sites for hydroxylation is 2. The summed E-state index contributed by atoms with van der Waals surface area (Å²) in [5.41, 5.74) is 1.41. The van der Waals surface area contributed by atoms with Crippen LogP contribution in [0.1, 0.15) is 31.8 Å². The Morgan fingerprint density at radius 2 is 1.81 bits per heavy atom. The van der Waals surface area contributed by atoms with Crippen molar-refractivity contribution in [3.05, 3.63) is 64.5 Å². The predicted molar refractivity (Wildman–Crippen MR) is 77.2 cm³/mol. The molecule has 21 heavy (non-hydrogen) atoms. The smallest absolute Gasteiger partial charge is 0.337 e. The third-order valence-corrected chi connectivity index (χ3v) is 3.18. The molecule has 0 saturated heterocycles. The van der Waals surface area contributed by atoms with Gasteiger partial charge in [-0.15, -0.1) is 0 Å². The molecule has 2 rings (SSSR count). The molecule has 0 heterocycles. The second-order valence-electron chi connectivity index (χ2n) is 4.72. The maximum atomic E-state index is 13.5. The fourth-order valence-corrected chi connectivity index (χ4v) is 1.93. The van der Waals surface area contributed by atoms with E-state index in [1.807, 2.05) is 0 Å². The van der Waals surface area contributed by atoms with Crippen LogP contribution in [0, 0.1) is 19.7 Å². The van der Waals surface area contributed by atoms with Crippen molar-refractivity contribution in [1.82, 2.24) is 0 Å². The molecule has 108 valence electrons. The average molecular weight is 287 g/mol. The van der Waals surface area contributed by atoms with Crippen molar-refractivity contribution in [3.8, 4) is 0 Å². The van der Waals surface area contributed by atoms with E-state index in [0.29, 0.717) is 11.1 Å². The molecular weight excluding hydrogens is 273 g/mol. The fraction of sp³-hybridized carbons (Fsp3) is 0.125. The van der Waals surface area contributed by atoms with Gasteiger partial charge in [0.15, 0.2) is 0 Å². The Morgan fingerprint density at radius 3 is 2.43 bits per heavy atom. The van der Waals surface area contributed by atoms with E-state index >= 15 is 0 Å². The van der Waals surface area contributed by atoms with Gasteiger partial charge >= 0.3 is 5.97 Å². The zero-order valence-corrected chi connectivity index (χ0v) is 11.6. The Balaban J connectivity index is 2.36. The Morgan fingerprint density at radius 1 is 1.10 bits per heavy atom. The van der Waals surface area contributed by atoms with Gasteiger partial charge in [0.1, 0.15) is 5.82 Å². The van der Waals surface area contributed by atoms with Gasteiger partial charge in [0.05, 0.1) is 11.3 Å². The highest BCUT2D eigenvalue weighted by Crippen LogP contribution is 2.21. The molecule has 0 fully saturated rings. The molecule has 1 amide bonds. The van der Waals surface area contributed by atoms with Crippen LogP contribution in [0.4, 0.5) is 10.1 Å². The second-order valence-corrected chi connectivity index (χ2v) is 4.72. The number of hydrogen-bond donors (Lipinski definition) is 2. The maximum absolute atomic E-state index is 13.5. The van der Waals surface area contributed by atoms with Crippen LogP contribution in [0.2, 0.25) is 0 Å². The summed E-state index contributed by atoms with van der Waals surface area (Å²) in [7, 11) is 0. The number of nitrogens with one attached hydrogen (secondary N) is 1. The van der Waals surface area contributed by atoms with Crippen LogP contribution < -0.4 is 5.32 Å². The molecule has 0 bridgehead atoms. The molecule has 2 aromatic carbocycles. The van der Waals surface area contributed by atoms with Gasteiger partial charge in [-0.3, -0.25) is 4.79 Å². The van der Waals surface area contributed by atoms with Crippen LogP contribution in [-0.4, -0.2) is 17.0 Å². The summed E-state index contributed by atoms with van der Waals surface area (Å²) in [4.78, 5) is 23.3. The third kappa shape index (κ3) is 3.08. The van der Waals surface area contributed by atoms with Crippen LogP contribution in [-0.2, 0) is 0 Å². The van der Waals surface area contributed by atoms with Crippen LogP contribution in [0.25, 0.3) is 0 Å². The number of benzene rings is 2. The lowest BCUT2D eigenvalue weighted by Gasteiger charge is -2.11. The largest absolute Gasteiger partial charge is 0.478 e. The summed E-state index contributed by atoms with van der Waals surface area (Å²) in [6, 6.07) is 8.81. The Kier molecular flexibility index (Phi) is 4.03. The predicted octanol–water partition coefficient (Wildman–Crippen LogP) is 3.39. The van der Waals surface area contributed by atoms with Gasteiger partial charge in [0.25, 0.3) is 5.91 Å². The van der Waals surface area contributed by atoms with Crippen molar-refractivity contribution in [3.63, 3.8) is 0 Å². The molecule has 0 radical (unpaired) electrons. The molecule has 0 aliphatic heterocycles. The number of amides is 1. The second kappa shape index (κ2) is 5.75. The van der Waals surface area contributed by atoms with E-state index < -0.39 is 17.7 Å². The number of carbonyl (C=O) groups is 2. The van der Waals surface area contributed by atoms with Gasteiger partial charge in [0, 0.05) is 5.56 Å². The molecule has 2 N–H and O–H groups in total. The molecule has 0 aromatic heterocycles. The zero-order valence-electron chi connectivity index (χ0n) is 11.6. The quantitative estimate of drug-likeness (QED) is 0.909. The van der Waals surface area contributed by atoms with Crippen LogP contribution in [0.5, 0.6) is 0 Å². The Labute approximate surface area is 121 Å². The summed E-state index contributed by atoms with van der Waals surface area (Å²) in [6.07, 6.45) is 0. The molecule has 0 saturated carbocycles. The van der Waals surface area contributed by atoms with Gasteiger partial charge in [0.2, 0.25) is 0 Å². The first-order valence-electron chi connectivity index (χ1n) is 6.30. The van der Waals surface area contributed by atoms with Crippen molar-refractivity contribution >= 4 is 17.6 Å². The number of halogens is 1. The first kappa shape index (κ1) is 14.7. The van der Waals surface area contributed by atoms with Crippen LogP contribution >= 0.6 is 0 Å². The number of carbonyl (C=O) groups excluding carboxylic acids is 1. The molecule has 2 aromatic rings. The van der Waals surface area contributed by atoms with Gasteiger partial charge in [-0.1, -0.05) is 18.2 Å². The van der Waals surface area contributed by atoms with Gasteiger partial charge in [-0.25, -0.2) is 9.18 Å². The first-order chi connectivity index (χ1) is 9.90. The molecule has 0 unspecified atom stereocenters. The summed E-state index contributed by atoms with van der Waals surface area (Å²) < 4.78 is 13.5. The van der Waals surface area contributed by atoms with E-state index in [4.69, 9.17) is 5.11 Å². The Hall–Kier alpha value is -2.69. The molecule has 0 spiro atoms. The zero-order chi connectivity index (χ0) is 15.6. The van der Waals surface area contributed by atoms with Crippen molar-refractivity contribution in [2.45, 2.75) is 13.8 Å². The first-order valence-corrected chi connectivity index (χ1v) is 6.30. The minimum atomic E-state index is -1.14. The number of anilines is 1. The van der Waals surface area contributed by atoms with E-state index in [1.54, 1.807) is 26.0 Å². The number of carboxylic acid groups (broad SMARTS) is 1. The lowest BCUT2D eigenvalue weighted by molar-refractivity contribution is 0.0698. The number of para-hydroxylation sites is 1. The molecule has 4 nitrogen and oxygen atoms in total. The normalized spacial score (nSPS) is 10.2. The molecule has 0 aliphatic rings. The third-order valence-electron chi connectivity index (χ3n) is 3.18. The lowest BCUT2D eigenvalue weighted by Crippen LogP contribution is -2.16. The summed E-state index contributed by atoms with van der Waals surface area (Å²) in [5.74, 6) is -2.17. The summed E-state index contributed by atoms with van der Waals surface area (Å²) >= 11 is 0. The lowest BCUT2D eigenvalue weighted by atomic mass is 10.1. The fourth-order valence-electron chi connectivity index (χ4n) is 1.93. The van der Waals surface area contributed by atoms with Crippen molar-refractivity contribution in [1.29, 1.82) is 0 Å². The monoisotopic (exact) mass is 287 g/mol. The van der Waals surface area contributed by atoms with Gasteiger partial charge in [-0.2, -0.15) is 0 Å². The highest BCUT2D eigenvalue weighted by Gasteiger charge is 2.16. The van der Waals surface area contributed by atoms with E-state index in [9.17, 15) is 14.0 Å². The van der Waals surface area contributed by atoms with E-state index in [0.717, 1.165) is 6.07 Å². The highest BCUT2D eigenvalue weighted by molar-refractivity contribution is 6.08. The van der Waals surface area contributed by atoms with Crippen LogP contribution in [0.15, 0.2) is 36.4 Å². The minimum Gasteiger partial charge on any atom is -0.478 e. The summed E-state index contributed by atoms with van der Waals surface area (Å²) in [5, 5.41) is 11.7. The average Bonchev–Trinajstić information content (AvgIpc) is 2.43. The van der Waals surface area contributed by atoms with Gasteiger partial charge < -0.3 is 10.4 Å². The number of aromatic carboxylic acids is 1. The Bertz CT molecular complexity index is 725. The number of carboxylic acids is 1. The van der Waals surface area contributed by atoms with Crippen LogP contribution in [0.3, 0.4) is 0 Å². The molecule has 0 aliphatic carbocycles. The standard InChI is InChI=1S/C16H14FNO3/c1-9-6-7-11(8-13(9)17)15(19)18-14-10(2)4-3-5-12(14)16(20)21/h3-8H,1-2H3,(H,18,19)(H,20,21). The van der Waals surface area contributed by atoms with E-state index in [1.165, 1.54) is 18.2 Å². The van der Waals surface area contributed by atoms with Crippen molar-refractivity contribution in [2.24, 2.45) is 0 Å². The van der Waals surface area contributed by atoms with E-state index in [2.05, 4.69) is 5.32 Å². The van der Waals surface area contributed by atoms with E-state index in [-0.39, 0.29) is 16.8 Å². The highest BCUT2D eigenvalue weighted by atomic mass is 19.1. The molecule has 5 heteroatoms. The minimum absolute atomic E-state index is 0.00377. The molecule has 0 atom stereocenters.